The number of carbonyl (C=O) groups is 4. The molecule has 2 rings (SSSR count). The standard InChI is InChI=1S/C26H37N5O5/c1-16(2)20-13-14-22(33)27-15-7-6-8-21(25(35)28-20)29-26(36)23(17(3)32)30-24(34)18-9-11-19(12-10-18)31(4)5/h6,8-14,16-17,20-21,23,32H,7,15H2,1-5H3,(H,27,33)(H,28,35)(H,29,36)(H,30,34)/b8-6+,14-13+/t17-,20-,21+,23+/m1/s1. The van der Waals surface area contributed by atoms with Crippen LogP contribution in [0.5, 0.6) is 0 Å². The Labute approximate surface area is 212 Å². The lowest BCUT2D eigenvalue weighted by molar-refractivity contribution is -0.130. The molecule has 10 heteroatoms. The fourth-order valence-corrected chi connectivity index (χ4v) is 3.44. The van der Waals surface area contributed by atoms with E-state index in [2.05, 4.69) is 21.3 Å². The number of aliphatic hydroxyl groups excluding tert-OH is 1. The number of benzene rings is 1. The minimum Gasteiger partial charge on any atom is -0.391 e. The predicted octanol–water partition coefficient (Wildman–Crippen LogP) is 0.490. The van der Waals surface area contributed by atoms with Crippen molar-refractivity contribution >= 4 is 29.3 Å². The van der Waals surface area contributed by atoms with Crippen molar-refractivity contribution in [2.24, 2.45) is 5.92 Å². The van der Waals surface area contributed by atoms with Crippen molar-refractivity contribution in [3.63, 3.8) is 0 Å². The van der Waals surface area contributed by atoms with E-state index in [1.54, 1.807) is 36.4 Å². The van der Waals surface area contributed by atoms with E-state index in [1.165, 1.54) is 19.1 Å². The maximum atomic E-state index is 13.1. The molecule has 4 amide bonds. The van der Waals surface area contributed by atoms with Crippen LogP contribution in [0, 0.1) is 5.92 Å². The van der Waals surface area contributed by atoms with Crippen LogP contribution in [0.15, 0.2) is 48.6 Å². The third-order valence-electron chi connectivity index (χ3n) is 5.70. The van der Waals surface area contributed by atoms with Crippen molar-refractivity contribution in [2.75, 3.05) is 25.5 Å². The maximum Gasteiger partial charge on any atom is 0.252 e. The predicted molar refractivity (Wildman–Crippen MR) is 138 cm³/mol. The van der Waals surface area contributed by atoms with Crippen LogP contribution >= 0.6 is 0 Å². The molecule has 5 N–H and O–H groups in total. The van der Waals surface area contributed by atoms with Gasteiger partial charge >= 0.3 is 0 Å². The maximum absolute atomic E-state index is 13.1. The summed E-state index contributed by atoms with van der Waals surface area (Å²) in [5.41, 5.74) is 1.24. The number of amides is 4. The molecule has 4 atom stereocenters. The van der Waals surface area contributed by atoms with Gasteiger partial charge in [0, 0.05) is 44.0 Å². The summed E-state index contributed by atoms with van der Waals surface area (Å²) < 4.78 is 0. The third kappa shape index (κ3) is 8.53. The van der Waals surface area contributed by atoms with Crippen molar-refractivity contribution in [3.8, 4) is 0 Å². The molecule has 36 heavy (non-hydrogen) atoms. The normalized spacial score (nSPS) is 22.1. The highest BCUT2D eigenvalue weighted by molar-refractivity contribution is 5.99. The highest BCUT2D eigenvalue weighted by atomic mass is 16.3. The Morgan fingerprint density at radius 1 is 1.08 bits per heavy atom. The van der Waals surface area contributed by atoms with Crippen LogP contribution < -0.4 is 26.2 Å². The Morgan fingerprint density at radius 2 is 1.75 bits per heavy atom. The lowest BCUT2D eigenvalue weighted by atomic mass is 10.0. The number of carbonyl (C=O) groups excluding carboxylic acids is 4. The Balaban J connectivity index is 2.17. The Hall–Kier alpha value is -3.66. The molecule has 1 aliphatic rings. The number of hydrogen-bond donors (Lipinski definition) is 5. The van der Waals surface area contributed by atoms with E-state index < -0.39 is 42.0 Å². The molecule has 10 nitrogen and oxygen atoms in total. The third-order valence-corrected chi connectivity index (χ3v) is 5.70. The topological polar surface area (TPSA) is 140 Å². The van der Waals surface area contributed by atoms with E-state index in [9.17, 15) is 24.3 Å². The summed E-state index contributed by atoms with van der Waals surface area (Å²) in [6.07, 6.45) is 5.45. The summed E-state index contributed by atoms with van der Waals surface area (Å²) >= 11 is 0. The molecule has 0 aromatic heterocycles. The van der Waals surface area contributed by atoms with Crippen LogP contribution in [0.25, 0.3) is 0 Å². The molecule has 0 radical (unpaired) electrons. The highest BCUT2D eigenvalue weighted by Gasteiger charge is 2.30. The summed E-state index contributed by atoms with van der Waals surface area (Å²) in [5, 5.41) is 21.0. The van der Waals surface area contributed by atoms with Crippen molar-refractivity contribution in [1.82, 2.24) is 21.3 Å². The number of aliphatic hydroxyl groups is 1. The summed E-state index contributed by atoms with van der Waals surface area (Å²) in [6, 6.07) is 4.04. The minimum atomic E-state index is -1.28. The van der Waals surface area contributed by atoms with Crippen LogP contribution in [0.1, 0.15) is 37.6 Å². The zero-order valence-corrected chi connectivity index (χ0v) is 21.4. The largest absolute Gasteiger partial charge is 0.391 e. The fourth-order valence-electron chi connectivity index (χ4n) is 3.44. The van der Waals surface area contributed by atoms with Crippen LogP contribution in [0.2, 0.25) is 0 Å². The van der Waals surface area contributed by atoms with Crippen LogP contribution in [0.3, 0.4) is 0 Å². The van der Waals surface area contributed by atoms with Gasteiger partial charge in [-0.1, -0.05) is 32.1 Å². The first-order valence-electron chi connectivity index (χ1n) is 12.0. The lowest BCUT2D eigenvalue weighted by Crippen LogP contribution is -2.57. The van der Waals surface area contributed by atoms with E-state index in [4.69, 9.17) is 0 Å². The van der Waals surface area contributed by atoms with E-state index in [-0.39, 0.29) is 11.8 Å². The van der Waals surface area contributed by atoms with Gasteiger partial charge in [-0.25, -0.2) is 0 Å². The average molecular weight is 500 g/mol. The lowest BCUT2D eigenvalue weighted by Gasteiger charge is -2.26. The molecular weight excluding hydrogens is 462 g/mol. The average Bonchev–Trinajstić information content (AvgIpc) is 2.82. The highest BCUT2D eigenvalue weighted by Crippen LogP contribution is 2.13. The summed E-state index contributed by atoms with van der Waals surface area (Å²) in [6.45, 7) is 5.55. The number of nitrogens with zero attached hydrogens (tertiary/aromatic N) is 1. The molecule has 0 spiro atoms. The van der Waals surface area contributed by atoms with E-state index in [0.29, 0.717) is 18.5 Å². The van der Waals surface area contributed by atoms with Gasteiger partial charge in [0.25, 0.3) is 5.91 Å². The second-order valence-corrected chi connectivity index (χ2v) is 9.26. The van der Waals surface area contributed by atoms with Gasteiger partial charge in [0.1, 0.15) is 12.1 Å². The SMILES string of the molecule is CC(C)[C@H]1/C=C/C(=O)NCC/C=C/[C@H](NC(=O)[C@@H](NC(=O)c2ccc(N(C)C)cc2)[C@@H](C)O)C(=O)N1. The van der Waals surface area contributed by atoms with Crippen molar-refractivity contribution in [3.05, 3.63) is 54.1 Å². The van der Waals surface area contributed by atoms with Crippen LogP contribution in [-0.4, -0.2) is 73.6 Å². The molecule has 1 aromatic rings. The van der Waals surface area contributed by atoms with Gasteiger partial charge in [0.05, 0.1) is 6.10 Å². The molecule has 0 saturated carbocycles. The van der Waals surface area contributed by atoms with E-state index in [0.717, 1.165) is 5.69 Å². The Kier molecular flexibility index (Phi) is 10.7. The molecule has 1 heterocycles. The van der Waals surface area contributed by atoms with E-state index >= 15 is 0 Å². The molecule has 0 unspecified atom stereocenters. The number of hydrogen-bond acceptors (Lipinski definition) is 6. The zero-order valence-electron chi connectivity index (χ0n) is 21.4. The molecular formula is C26H37N5O5. The van der Waals surface area contributed by atoms with Gasteiger partial charge in [-0.2, -0.15) is 0 Å². The monoisotopic (exact) mass is 499 g/mol. The first-order valence-corrected chi connectivity index (χ1v) is 12.0. The van der Waals surface area contributed by atoms with Gasteiger partial charge in [-0.15, -0.1) is 0 Å². The fraction of sp³-hybridized carbons (Fsp3) is 0.462. The van der Waals surface area contributed by atoms with Gasteiger partial charge < -0.3 is 31.3 Å². The molecule has 0 aliphatic carbocycles. The van der Waals surface area contributed by atoms with Gasteiger partial charge in [0.2, 0.25) is 17.7 Å². The summed E-state index contributed by atoms with van der Waals surface area (Å²) in [4.78, 5) is 52.6. The first-order chi connectivity index (χ1) is 17.0. The van der Waals surface area contributed by atoms with Gasteiger partial charge in [0.15, 0.2) is 0 Å². The Bertz CT molecular complexity index is 985. The van der Waals surface area contributed by atoms with E-state index in [1.807, 2.05) is 32.8 Å². The summed E-state index contributed by atoms with van der Waals surface area (Å²) in [5.74, 6) is -1.96. The molecule has 1 aliphatic heterocycles. The molecule has 196 valence electrons. The molecule has 1 aromatic carbocycles. The smallest absolute Gasteiger partial charge is 0.252 e. The summed E-state index contributed by atoms with van der Waals surface area (Å²) in [7, 11) is 3.76. The first kappa shape index (κ1) is 28.6. The van der Waals surface area contributed by atoms with Crippen molar-refractivity contribution < 1.29 is 24.3 Å². The minimum absolute atomic E-state index is 0.00958. The molecule has 0 fully saturated rings. The Morgan fingerprint density at radius 3 is 2.33 bits per heavy atom. The number of rotatable bonds is 7. The quantitative estimate of drug-likeness (QED) is 0.346. The molecule has 0 saturated heterocycles. The van der Waals surface area contributed by atoms with Crippen LogP contribution in [0.4, 0.5) is 5.69 Å². The number of anilines is 1. The van der Waals surface area contributed by atoms with Gasteiger partial charge in [-0.05, 0) is 43.5 Å². The van der Waals surface area contributed by atoms with Crippen molar-refractivity contribution in [1.29, 1.82) is 0 Å². The number of nitrogens with one attached hydrogen (secondary N) is 4. The zero-order chi connectivity index (χ0) is 26.8. The second-order valence-electron chi connectivity index (χ2n) is 9.26. The van der Waals surface area contributed by atoms with Crippen LogP contribution in [-0.2, 0) is 14.4 Å². The second kappa shape index (κ2) is 13.4. The molecule has 0 bridgehead atoms. The van der Waals surface area contributed by atoms with Crippen molar-refractivity contribution in [2.45, 2.75) is 51.4 Å². The van der Waals surface area contributed by atoms with Gasteiger partial charge in [-0.3, -0.25) is 19.2 Å².